The fraction of sp³-hybridized carbons (Fsp3) is 0.211. The Bertz CT molecular complexity index is 709. The maximum atomic E-state index is 12.3. The predicted octanol–water partition coefficient (Wildman–Crippen LogP) is 4.06. The molecule has 0 heterocycles. The van der Waals surface area contributed by atoms with Gasteiger partial charge in [-0.25, -0.2) is 0 Å². The Morgan fingerprint density at radius 1 is 1.05 bits per heavy atom. The summed E-state index contributed by atoms with van der Waals surface area (Å²) in [4.78, 5) is 12.3. The molecule has 0 fully saturated rings. The molecular weight excluding hydrogens is 260 g/mol. The molecule has 2 aromatic carbocycles. The highest BCUT2D eigenvalue weighted by Crippen LogP contribution is 2.35. The summed E-state index contributed by atoms with van der Waals surface area (Å²) in [7, 11) is 1.68. The molecule has 0 atom stereocenters. The van der Waals surface area contributed by atoms with Crippen LogP contribution in [0.3, 0.4) is 0 Å². The van der Waals surface area contributed by atoms with Crippen molar-refractivity contribution in [1.29, 1.82) is 0 Å². The van der Waals surface area contributed by atoms with Gasteiger partial charge in [-0.2, -0.15) is 0 Å². The minimum absolute atomic E-state index is 0.205. The van der Waals surface area contributed by atoms with Crippen LogP contribution in [0, 0.1) is 6.92 Å². The molecule has 106 valence electrons. The van der Waals surface area contributed by atoms with Crippen molar-refractivity contribution in [2.75, 3.05) is 7.11 Å². The van der Waals surface area contributed by atoms with Gasteiger partial charge in [0, 0.05) is 17.6 Å². The van der Waals surface area contributed by atoms with E-state index in [0.717, 1.165) is 34.4 Å². The second kappa shape index (κ2) is 5.57. The minimum atomic E-state index is 0.205. The topological polar surface area (TPSA) is 26.3 Å². The van der Waals surface area contributed by atoms with Gasteiger partial charge in [-0.15, -0.1) is 0 Å². The number of benzene rings is 2. The highest BCUT2D eigenvalue weighted by atomic mass is 16.5. The van der Waals surface area contributed by atoms with Gasteiger partial charge in [-0.1, -0.05) is 42.0 Å². The molecule has 0 saturated carbocycles. The van der Waals surface area contributed by atoms with Gasteiger partial charge in [0.2, 0.25) is 0 Å². The van der Waals surface area contributed by atoms with Gasteiger partial charge >= 0.3 is 0 Å². The van der Waals surface area contributed by atoms with Gasteiger partial charge in [-0.3, -0.25) is 4.79 Å². The molecule has 0 radical (unpaired) electrons. The monoisotopic (exact) mass is 278 g/mol. The summed E-state index contributed by atoms with van der Waals surface area (Å²) < 4.78 is 5.42. The summed E-state index contributed by atoms with van der Waals surface area (Å²) in [6.45, 7) is 2.06. The van der Waals surface area contributed by atoms with E-state index >= 15 is 0 Å². The largest absolute Gasteiger partial charge is 0.496 e. The predicted molar refractivity (Wildman–Crippen MR) is 85.4 cm³/mol. The summed E-state index contributed by atoms with van der Waals surface area (Å²) in [5.74, 6) is 1.08. The molecule has 1 aliphatic rings. The summed E-state index contributed by atoms with van der Waals surface area (Å²) in [6.07, 6.45) is 3.29. The zero-order valence-corrected chi connectivity index (χ0v) is 12.3. The number of allylic oxidation sites excluding steroid dienone is 1. The zero-order chi connectivity index (χ0) is 14.8. The molecule has 2 heteroatoms. The van der Waals surface area contributed by atoms with Gasteiger partial charge in [0.25, 0.3) is 0 Å². The number of carbonyl (C=O) groups excluding carboxylic acids is 1. The Labute approximate surface area is 125 Å². The molecule has 2 nitrogen and oxygen atoms in total. The lowest BCUT2D eigenvalue weighted by Gasteiger charge is -2.20. The number of carbonyl (C=O) groups is 1. The van der Waals surface area contributed by atoms with E-state index in [4.69, 9.17) is 4.74 Å². The van der Waals surface area contributed by atoms with E-state index in [9.17, 15) is 4.79 Å². The third-order valence-corrected chi connectivity index (χ3v) is 3.93. The van der Waals surface area contributed by atoms with E-state index in [1.165, 1.54) is 5.56 Å². The molecule has 0 aromatic heterocycles. The van der Waals surface area contributed by atoms with E-state index in [2.05, 4.69) is 19.1 Å². The number of ketones is 1. The lowest BCUT2D eigenvalue weighted by atomic mass is 9.85. The number of methoxy groups -OCH3 is 1. The summed E-state index contributed by atoms with van der Waals surface area (Å²) in [5.41, 5.74) is 5.21. The van der Waals surface area contributed by atoms with Crippen molar-refractivity contribution in [1.82, 2.24) is 0 Å². The fourth-order valence-electron chi connectivity index (χ4n) is 2.78. The minimum Gasteiger partial charge on any atom is -0.496 e. The molecule has 3 rings (SSSR count). The van der Waals surface area contributed by atoms with Gasteiger partial charge < -0.3 is 4.74 Å². The Hall–Kier alpha value is -2.35. The van der Waals surface area contributed by atoms with Gasteiger partial charge in [0.1, 0.15) is 5.75 Å². The summed E-state index contributed by atoms with van der Waals surface area (Å²) >= 11 is 0. The molecule has 0 bridgehead atoms. The van der Waals surface area contributed by atoms with Crippen LogP contribution in [0.2, 0.25) is 0 Å². The molecule has 0 aliphatic heterocycles. The second-order valence-electron chi connectivity index (χ2n) is 5.38. The van der Waals surface area contributed by atoms with E-state index in [-0.39, 0.29) is 5.78 Å². The second-order valence-corrected chi connectivity index (χ2v) is 5.38. The van der Waals surface area contributed by atoms with E-state index < -0.39 is 0 Å². The van der Waals surface area contributed by atoms with Crippen molar-refractivity contribution in [2.24, 2.45) is 0 Å². The normalized spacial score (nSPS) is 15.9. The molecular formula is C19H18O2. The first-order valence-electron chi connectivity index (χ1n) is 7.17. The van der Waals surface area contributed by atoms with Crippen LogP contribution in [-0.2, 0) is 11.2 Å². The van der Waals surface area contributed by atoms with Crippen molar-refractivity contribution in [2.45, 2.75) is 19.8 Å². The van der Waals surface area contributed by atoms with Crippen LogP contribution in [-0.4, -0.2) is 12.9 Å². The van der Waals surface area contributed by atoms with E-state index in [1.54, 1.807) is 7.11 Å². The van der Waals surface area contributed by atoms with Gasteiger partial charge in [0.05, 0.1) is 7.11 Å². The quantitative estimate of drug-likeness (QED) is 0.774. The molecule has 1 aliphatic carbocycles. The highest BCUT2D eigenvalue weighted by molar-refractivity contribution is 6.26. The van der Waals surface area contributed by atoms with Crippen LogP contribution in [0.25, 0.3) is 11.6 Å². The molecule has 0 unspecified atom stereocenters. The van der Waals surface area contributed by atoms with Crippen LogP contribution in [0.1, 0.15) is 28.7 Å². The number of fused-ring (bicyclic) bond motifs is 1. The first kappa shape index (κ1) is 13.6. The molecule has 0 N–H and O–H groups in total. The van der Waals surface area contributed by atoms with Crippen molar-refractivity contribution in [3.05, 3.63) is 64.7 Å². The number of hydrogen-bond donors (Lipinski definition) is 0. The number of aryl methyl sites for hydroxylation is 1. The van der Waals surface area contributed by atoms with Crippen LogP contribution in [0.5, 0.6) is 5.75 Å². The van der Waals surface area contributed by atoms with E-state index in [1.807, 2.05) is 36.4 Å². The Morgan fingerprint density at radius 2 is 1.81 bits per heavy atom. The van der Waals surface area contributed by atoms with Gasteiger partial charge in [-0.05, 0) is 36.6 Å². The molecule has 0 amide bonds. The van der Waals surface area contributed by atoms with Gasteiger partial charge in [0.15, 0.2) is 5.78 Å². The maximum Gasteiger partial charge on any atom is 0.163 e. The average Bonchev–Trinajstić information content (AvgIpc) is 2.51. The first-order chi connectivity index (χ1) is 10.2. The van der Waals surface area contributed by atoms with Crippen LogP contribution in [0.4, 0.5) is 0 Å². The number of hydrogen-bond acceptors (Lipinski definition) is 2. The van der Waals surface area contributed by atoms with Crippen molar-refractivity contribution in [3.8, 4) is 5.75 Å². The lowest BCUT2D eigenvalue weighted by Crippen LogP contribution is -2.13. The SMILES string of the molecule is COc1cccc2c1CCC(=O)/C2=C/c1ccc(C)cc1. The molecule has 0 spiro atoms. The third-order valence-electron chi connectivity index (χ3n) is 3.93. The number of rotatable bonds is 2. The summed E-state index contributed by atoms with van der Waals surface area (Å²) in [6, 6.07) is 14.1. The zero-order valence-electron chi connectivity index (χ0n) is 12.3. The lowest BCUT2D eigenvalue weighted by molar-refractivity contribution is -0.113. The van der Waals surface area contributed by atoms with Crippen LogP contribution < -0.4 is 4.74 Å². The smallest absolute Gasteiger partial charge is 0.163 e. The highest BCUT2D eigenvalue weighted by Gasteiger charge is 2.23. The third kappa shape index (κ3) is 2.62. The number of Topliss-reactive ketones (excluding diaryl/α,β-unsaturated/α-hetero) is 1. The Kier molecular flexibility index (Phi) is 3.61. The van der Waals surface area contributed by atoms with Crippen molar-refractivity contribution >= 4 is 17.4 Å². The first-order valence-corrected chi connectivity index (χ1v) is 7.17. The van der Waals surface area contributed by atoms with Crippen molar-refractivity contribution < 1.29 is 9.53 Å². The maximum absolute atomic E-state index is 12.3. The standard InChI is InChI=1S/C19H18O2/c1-13-6-8-14(9-7-13)12-17-15-4-3-5-19(21-2)16(15)10-11-18(17)20/h3-9,12H,10-11H2,1-2H3/b17-12+. The van der Waals surface area contributed by atoms with Crippen LogP contribution >= 0.6 is 0 Å². The van der Waals surface area contributed by atoms with Crippen LogP contribution in [0.15, 0.2) is 42.5 Å². The van der Waals surface area contributed by atoms with Crippen molar-refractivity contribution in [3.63, 3.8) is 0 Å². The molecule has 0 saturated heterocycles. The fourth-order valence-corrected chi connectivity index (χ4v) is 2.78. The molecule has 2 aromatic rings. The summed E-state index contributed by atoms with van der Waals surface area (Å²) in [5, 5.41) is 0. The Morgan fingerprint density at radius 3 is 2.52 bits per heavy atom. The van der Waals surface area contributed by atoms with E-state index in [0.29, 0.717) is 6.42 Å². The number of ether oxygens (including phenoxy) is 1. The average molecular weight is 278 g/mol. The Balaban J connectivity index is 2.11. The molecule has 21 heavy (non-hydrogen) atoms.